The molecule has 6 heteroatoms. The van der Waals surface area contributed by atoms with E-state index in [4.69, 9.17) is 14.2 Å². The van der Waals surface area contributed by atoms with Gasteiger partial charge < -0.3 is 14.2 Å². The second-order valence-electron chi connectivity index (χ2n) is 4.97. The number of methoxy groups -OCH3 is 2. The first-order valence-corrected chi connectivity index (χ1v) is 7.37. The molecule has 1 aromatic rings. The minimum Gasteiger partial charge on any atom is -0.488 e. The highest BCUT2D eigenvalue weighted by Crippen LogP contribution is 2.26. The molecule has 1 aromatic heterocycles. The number of rotatable bonds is 9. The molecule has 0 aromatic carbocycles. The second kappa shape index (κ2) is 9.63. The van der Waals surface area contributed by atoms with Crippen LogP contribution in [0.4, 0.5) is 0 Å². The summed E-state index contributed by atoms with van der Waals surface area (Å²) in [6.45, 7) is 5.41. The molecule has 118 valence electrons. The molecule has 0 fully saturated rings. The van der Waals surface area contributed by atoms with Gasteiger partial charge in [-0.05, 0) is 30.4 Å². The van der Waals surface area contributed by atoms with E-state index in [0.29, 0.717) is 37.2 Å². The van der Waals surface area contributed by atoms with Gasteiger partial charge in [0.15, 0.2) is 5.75 Å². The zero-order valence-electron chi connectivity index (χ0n) is 13.1. The van der Waals surface area contributed by atoms with Crippen LogP contribution in [0.2, 0.25) is 0 Å². The van der Waals surface area contributed by atoms with Gasteiger partial charge in [-0.25, -0.2) is 9.38 Å². The molecule has 0 aliphatic carbocycles. The van der Waals surface area contributed by atoms with Gasteiger partial charge in [-0.3, -0.25) is 0 Å². The number of ether oxygens (including phenoxy) is 3. The molecular formula is C15H24N2O3S. The number of pyridine rings is 1. The Kier molecular flexibility index (Phi) is 8.15. The van der Waals surface area contributed by atoms with Crippen molar-refractivity contribution in [3.63, 3.8) is 0 Å². The van der Waals surface area contributed by atoms with Crippen molar-refractivity contribution in [1.82, 2.24) is 4.98 Å². The Hall–Kier alpha value is -1.27. The van der Waals surface area contributed by atoms with Gasteiger partial charge in [-0.15, -0.1) is 0 Å². The van der Waals surface area contributed by atoms with Gasteiger partial charge in [0.1, 0.15) is 0 Å². The van der Waals surface area contributed by atoms with Crippen LogP contribution in [0.15, 0.2) is 16.7 Å². The van der Waals surface area contributed by atoms with E-state index in [-0.39, 0.29) is 0 Å². The molecule has 0 saturated heterocycles. The molecule has 0 spiro atoms. The van der Waals surface area contributed by atoms with E-state index < -0.39 is 0 Å². The van der Waals surface area contributed by atoms with Crippen molar-refractivity contribution in [1.29, 1.82) is 0 Å². The van der Waals surface area contributed by atoms with E-state index in [0.717, 1.165) is 17.7 Å². The van der Waals surface area contributed by atoms with Crippen LogP contribution in [-0.4, -0.2) is 38.1 Å². The van der Waals surface area contributed by atoms with Gasteiger partial charge in [0.05, 0.1) is 13.7 Å². The fraction of sp³-hybridized carbons (Fsp3) is 0.600. The van der Waals surface area contributed by atoms with E-state index >= 15 is 0 Å². The van der Waals surface area contributed by atoms with Gasteiger partial charge in [-0.2, -0.15) is 0 Å². The summed E-state index contributed by atoms with van der Waals surface area (Å²) in [4.78, 5) is 4.28. The van der Waals surface area contributed by atoms with Crippen LogP contribution in [0.5, 0.6) is 11.6 Å². The SMILES string of the molecule is COCCCOc1cc(C/C(=N/S)C(C)C)cnc1OC. The van der Waals surface area contributed by atoms with Crippen LogP contribution in [0.25, 0.3) is 0 Å². The third-order valence-electron chi connectivity index (χ3n) is 3.00. The normalized spacial score (nSPS) is 11.8. The molecule has 0 radical (unpaired) electrons. The summed E-state index contributed by atoms with van der Waals surface area (Å²) in [6, 6.07) is 1.94. The third kappa shape index (κ3) is 5.93. The highest BCUT2D eigenvalue weighted by molar-refractivity contribution is 7.79. The van der Waals surface area contributed by atoms with E-state index in [2.05, 4.69) is 36.0 Å². The maximum Gasteiger partial charge on any atom is 0.256 e. The Morgan fingerprint density at radius 2 is 2.10 bits per heavy atom. The summed E-state index contributed by atoms with van der Waals surface area (Å²) < 4.78 is 20.0. The molecular weight excluding hydrogens is 288 g/mol. The molecule has 0 N–H and O–H groups in total. The predicted octanol–water partition coefficient (Wildman–Crippen LogP) is 2.99. The van der Waals surface area contributed by atoms with E-state index in [1.807, 2.05) is 6.07 Å². The highest BCUT2D eigenvalue weighted by atomic mass is 32.1. The van der Waals surface area contributed by atoms with Crippen molar-refractivity contribution in [3.05, 3.63) is 17.8 Å². The average Bonchev–Trinajstić information content (AvgIpc) is 2.49. The number of hydrogen-bond acceptors (Lipinski definition) is 6. The first kappa shape index (κ1) is 17.8. The third-order valence-corrected chi connectivity index (χ3v) is 3.26. The smallest absolute Gasteiger partial charge is 0.256 e. The first-order valence-electron chi connectivity index (χ1n) is 6.97. The van der Waals surface area contributed by atoms with Crippen LogP contribution in [0, 0.1) is 5.92 Å². The summed E-state index contributed by atoms with van der Waals surface area (Å²) in [5.41, 5.74) is 2.04. The summed E-state index contributed by atoms with van der Waals surface area (Å²) in [5.74, 6) is 1.48. The van der Waals surface area contributed by atoms with Crippen molar-refractivity contribution in [2.24, 2.45) is 10.3 Å². The monoisotopic (exact) mass is 312 g/mol. The summed E-state index contributed by atoms with van der Waals surface area (Å²) in [5, 5.41) is 0. The quantitative estimate of drug-likeness (QED) is 0.433. The van der Waals surface area contributed by atoms with Gasteiger partial charge in [-0.1, -0.05) is 13.8 Å². The molecule has 0 aliphatic rings. The number of hydrogen-bond donors (Lipinski definition) is 1. The van der Waals surface area contributed by atoms with Crippen LogP contribution in [0.3, 0.4) is 0 Å². The zero-order chi connectivity index (χ0) is 15.7. The van der Waals surface area contributed by atoms with Crippen molar-refractivity contribution in [3.8, 4) is 11.6 Å². The minimum atomic E-state index is 0.343. The van der Waals surface area contributed by atoms with Crippen LogP contribution >= 0.6 is 12.8 Å². The van der Waals surface area contributed by atoms with E-state index in [1.54, 1.807) is 20.4 Å². The Labute approximate surface area is 132 Å². The maximum absolute atomic E-state index is 5.72. The molecule has 0 atom stereocenters. The largest absolute Gasteiger partial charge is 0.488 e. The molecule has 0 amide bonds. The molecule has 1 rings (SSSR count). The summed E-state index contributed by atoms with van der Waals surface area (Å²) in [7, 11) is 3.26. The summed E-state index contributed by atoms with van der Waals surface area (Å²) >= 11 is 4.03. The standard InChI is InChI=1S/C15H24N2O3S/c1-11(2)13(17-21)8-12-9-14(15(19-4)16-10-12)20-7-5-6-18-3/h9-11,21H,5-8H2,1-4H3/b17-13-. The Morgan fingerprint density at radius 3 is 2.67 bits per heavy atom. The van der Waals surface area contributed by atoms with E-state index in [9.17, 15) is 0 Å². The highest BCUT2D eigenvalue weighted by Gasteiger charge is 2.11. The lowest BCUT2D eigenvalue weighted by atomic mass is 10.0. The second-order valence-corrected chi connectivity index (χ2v) is 5.17. The molecule has 0 bridgehead atoms. The molecule has 1 heterocycles. The van der Waals surface area contributed by atoms with Crippen molar-refractivity contribution < 1.29 is 14.2 Å². The minimum absolute atomic E-state index is 0.343. The van der Waals surface area contributed by atoms with Crippen molar-refractivity contribution in [2.75, 3.05) is 27.4 Å². The van der Waals surface area contributed by atoms with Crippen LogP contribution in [-0.2, 0) is 11.2 Å². The van der Waals surface area contributed by atoms with Crippen LogP contribution < -0.4 is 9.47 Å². The predicted molar refractivity (Wildman–Crippen MR) is 87.7 cm³/mol. The average molecular weight is 312 g/mol. The number of thiol groups is 1. The summed E-state index contributed by atoms with van der Waals surface area (Å²) in [6.07, 6.45) is 3.30. The van der Waals surface area contributed by atoms with Gasteiger partial charge in [0.2, 0.25) is 0 Å². The Morgan fingerprint density at radius 1 is 1.33 bits per heavy atom. The number of aromatic nitrogens is 1. The maximum atomic E-state index is 5.72. The molecule has 0 unspecified atom stereocenters. The van der Waals surface area contributed by atoms with Crippen molar-refractivity contribution in [2.45, 2.75) is 26.7 Å². The van der Waals surface area contributed by atoms with Crippen LogP contribution in [0.1, 0.15) is 25.8 Å². The lowest BCUT2D eigenvalue weighted by Crippen LogP contribution is -2.11. The molecule has 5 nitrogen and oxygen atoms in total. The fourth-order valence-corrected chi connectivity index (χ4v) is 2.08. The lowest BCUT2D eigenvalue weighted by Gasteiger charge is -2.13. The molecule has 0 aliphatic heterocycles. The fourth-order valence-electron chi connectivity index (χ4n) is 1.78. The number of nitrogens with zero attached hydrogens (tertiary/aromatic N) is 2. The molecule has 0 saturated carbocycles. The Balaban J connectivity index is 2.79. The lowest BCUT2D eigenvalue weighted by molar-refractivity contribution is 0.170. The Bertz CT molecular complexity index is 464. The van der Waals surface area contributed by atoms with Gasteiger partial charge >= 0.3 is 0 Å². The van der Waals surface area contributed by atoms with Crippen molar-refractivity contribution >= 4 is 18.5 Å². The topological polar surface area (TPSA) is 52.9 Å². The zero-order valence-corrected chi connectivity index (χ0v) is 14.0. The van der Waals surface area contributed by atoms with Gasteiger partial charge in [0, 0.05) is 38.5 Å². The first-order chi connectivity index (χ1) is 10.1. The van der Waals surface area contributed by atoms with Gasteiger partial charge in [0.25, 0.3) is 5.88 Å². The van der Waals surface area contributed by atoms with E-state index in [1.165, 1.54) is 0 Å². The molecule has 21 heavy (non-hydrogen) atoms.